The van der Waals surface area contributed by atoms with Gasteiger partial charge in [-0.05, 0) is 37.0 Å². The third-order valence-electron chi connectivity index (χ3n) is 3.67. The molecule has 1 aliphatic rings. The fourth-order valence-corrected chi connectivity index (χ4v) is 2.48. The summed E-state index contributed by atoms with van der Waals surface area (Å²) in [5.74, 6) is 0. The van der Waals surface area contributed by atoms with Crippen molar-refractivity contribution in [3.63, 3.8) is 0 Å². The van der Waals surface area contributed by atoms with Crippen molar-refractivity contribution in [3.8, 4) is 0 Å². The van der Waals surface area contributed by atoms with Gasteiger partial charge in [0.25, 0.3) is 0 Å². The Kier molecular flexibility index (Phi) is 4.45. The second-order valence-electron chi connectivity index (χ2n) is 5.75. The van der Waals surface area contributed by atoms with Gasteiger partial charge in [0.15, 0.2) is 0 Å². The van der Waals surface area contributed by atoms with Crippen LogP contribution in [-0.4, -0.2) is 42.6 Å². The van der Waals surface area contributed by atoms with Crippen molar-refractivity contribution in [3.05, 3.63) is 29.3 Å². The quantitative estimate of drug-likeness (QED) is 0.740. The summed E-state index contributed by atoms with van der Waals surface area (Å²) < 4.78 is 0. The minimum Gasteiger partial charge on any atom is -0.393 e. The van der Waals surface area contributed by atoms with Crippen LogP contribution in [0.4, 0.5) is 5.69 Å². The summed E-state index contributed by atoms with van der Waals surface area (Å²) in [7, 11) is 2.13. The molecule has 3 N–H and O–H groups in total. The highest BCUT2D eigenvalue weighted by Crippen LogP contribution is 2.26. The molecule has 0 fully saturated rings. The Morgan fingerprint density at radius 1 is 1.42 bits per heavy atom. The highest BCUT2D eigenvalue weighted by atomic mass is 16.3. The van der Waals surface area contributed by atoms with Gasteiger partial charge in [-0.25, -0.2) is 0 Å². The van der Waals surface area contributed by atoms with Crippen molar-refractivity contribution in [2.45, 2.75) is 31.9 Å². The van der Waals surface area contributed by atoms with Crippen LogP contribution in [0.5, 0.6) is 0 Å². The summed E-state index contributed by atoms with van der Waals surface area (Å²) >= 11 is 0. The van der Waals surface area contributed by atoms with E-state index < -0.39 is 5.60 Å². The Balaban J connectivity index is 1.95. The Labute approximate surface area is 115 Å². The standard InChI is InChI=1S/C15H24N2O2/c1-15(19,11-18)10-16-9-12-5-6-14-13(8-12)4-3-7-17(14)2/h5-6,8,16,18-19H,3-4,7,9-11H2,1-2H3. The van der Waals surface area contributed by atoms with Crippen LogP contribution in [-0.2, 0) is 13.0 Å². The van der Waals surface area contributed by atoms with Crippen molar-refractivity contribution in [2.75, 3.05) is 31.6 Å². The summed E-state index contributed by atoms with van der Waals surface area (Å²) in [5, 5.41) is 21.9. The molecule has 1 unspecified atom stereocenters. The molecule has 1 heterocycles. The van der Waals surface area contributed by atoms with Gasteiger partial charge in [0, 0.05) is 32.4 Å². The van der Waals surface area contributed by atoms with Gasteiger partial charge in [-0.1, -0.05) is 12.1 Å². The van der Waals surface area contributed by atoms with E-state index in [0.29, 0.717) is 13.1 Å². The van der Waals surface area contributed by atoms with Crippen molar-refractivity contribution in [1.29, 1.82) is 0 Å². The number of nitrogens with one attached hydrogen (secondary N) is 1. The van der Waals surface area contributed by atoms with Crippen LogP contribution in [0.1, 0.15) is 24.5 Å². The Hall–Kier alpha value is -1.10. The molecule has 1 aliphatic heterocycles. The zero-order valence-corrected chi connectivity index (χ0v) is 11.8. The molecular formula is C15H24N2O2. The number of benzene rings is 1. The predicted molar refractivity (Wildman–Crippen MR) is 77.4 cm³/mol. The molecule has 106 valence electrons. The Morgan fingerprint density at radius 2 is 2.21 bits per heavy atom. The molecule has 19 heavy (non-hydrogen) atoms. The predicted octanol–water partition coefficient (Wildman–Crippen LogP) is 0.902. The number of hydrogen-bond donors (Lipinski definition) is 3. The second-order valence-corrected chi connectivity index (χ2v) is 5.75. The number of hydrogen-bond acceptors (Lipinski definition) is 4. The monoisotopic (exact) mass is 264 g/mol. The first kappa shape index (κ1) is 14.3. The van der Waals surface area contributed by atoms with Gasteiger partial charge >= 0.3 is 0 Å². The first-order valence-corrected chi connectivity index (χ1v) is 6.89. The first-order chi connectivity index (χ1) is 9.02. The van der Waals surface area contributed by atoms with Crippen LogP contribution in [0.3, 0.4) is 0 Å². The van der Waals surface area contributed by atoms with E-state index >= 15 is 0 Å². The molecule has 1 aromatic carbocycles. The van der Waals surface area contributed by atoms with Crippen LogP contribution < -0.4 is 10.2 Å². The van der Waals surface area contributed by atoms with Gasteiger partial charge < -0.3 is 20.4 Å². The Bertz CT molecular complexity index is 432. The van der Waals surface area contributed by atoms with Gasteiger partial charge in [0.2, 0.25) is 0 Å². The van der Waals surface area contributed by atoms with E-state index in [1.807, 2.05) is 0 Å². The van der Waals surface area contributed by atoms with Crippen LogP contribution in [0.15, 0.2) is 18.2 Å². The van der Waals surface area contributed by atoms with Crippen LogP contribution in [0, 0.1) is 0 Å². The molecule has 4 heteroatoms. The van der Waals surface area contributed by atoms with Gasteiger partial charge in [-0.2, -0.15) is 0 Å². The Morgan fingerprint density at radius 3 is 2.95 bits per heavy atom. The van der Waals surface area contributed by atoms with E-state index in [9.17, 15) is 5.11 Å². The number of anilines is 1. The normalized spacial score (nSPS) is 18.0. The zero-order valence-electron chi connectivity index (χ0n) is 11.8. The summed E-state index contributed by atoms with van der Waals surface area (Å²) in [6.45, 7) is 3.63. The molecule has 0 aromatic heterocycles. The zero-order chi connectivity index (χ0) is 13.9. The third-order valence-corrected chi connectivity index (χ3v) is 3.67. The van der Waals surface area contributed by atoms with E-state index in [-0.39, 0.29) is 6.61 Å². The lowest BCUT2D eigenvalue weighted by molar-refractivity contribution is 0.00254. The summed E-state index contributed by atoms with van der Waals surface area (Å²) in [5.41, 5.74) is 2.91. The lowest BCUT2D eigenvalue weighted by Crippen LogP contribution is -2.40. The van der Waals surface area contributed by atoms with E-state index in [1.165, 1.54) is 23.2 Å². The van der Waals surface area contributed by atoms with Crippen LogP contribution in [0.25, 0.3) is 0 Å². The number of nitrogens with zero attached hydrogens (tertiary/aromatic N) is 1. The van der Waals surface area contributed by atoms with Gasteiger partial charge in [-0.15, -0.1) is 0 Å². The minimum absolute atomic E-state index is 0.227. The van der Waals surface area contributed by atoms with Gasteiger partial charge in [0.05, 0.1) is 12.2 Å². The molecule has 1 aromatic rings. The SMILES string of the molecule is CN1CCCc2cc(CNCC(C)(O)CO)ccc21. The maximum atomic E-state index is 9.71. The van der Waals surface area contributed by atoms with E-state index in [1.54, 1.807) is 6.92 Å². The van der Waals surface area contributed by atoms with Crippen molar-refractivity contribution in [1.82, 2.24) is 5.32 Å². The molecule has 0 amide bonds. The van der Waals surface area contributed by atoms with E-state index in [4.69, 9.17) is 5.11 Å². The summed E-state index contributed by atoms with van der Waals surface area (Å²) in [4.78, 5) is 2.30. The van der Waals surface area contributed by atoms with E-state index in [0.717, 1.165) is 13.0 Å². The average molecular weight is 264 g/mol. The topological polar surface area (TPSA) is 55.7 Å². The number of aliphatic hydroxyl groups is 2. The molecule has 4 nitrogen and oxygen atoms in total. The van der Waals surface area contributed by atoms with Crippen LogP contribution in [0.2, 0.25) is 0 Å². The van der Waals surface area contributed by atoms with Gasteiger partial charge in [0.1, 0.15) is 0 Å². The fraction of sp³-hybridized carbons (Fsp3) is 0.600. The molecule has 0 bridgehead atoms. The van der Waals surface area contributed by atoms with E-state index in [2.05, 4.69) is 35.5 Å². The van der Waals surface area contributed by atoms with Crippen LogP contribution >= 0.6 is 0 Å². The molecule has 2 rings (SSSR count). The minimum atomic E-state index is -1.05. The molecule has 0 saturated carbocycles. The number of aliphatic hydroxyl groups excluding tert-OH is 1. The number of rotatable bonds is 5. The highest BCUT2D eigenvalue weighted by molar-refractivity contribution is 5.56. The first-order valence-electron chi connectivity index (χ1n) is 6.89. The lowest BCUT2D eigenvalue weighted by atomic mass is 9.99. The van der Waals surface area contributed by atoms with Crippen molar-refractivity contribution in [2.24, 2.45) is 0 Å². The van der Waals surface area contributed by atoms with Crippen molar-refractivity contribution >= 4 is 5.69 Å². The molecule has 0 radical (unpaired) electrons. The molecule has 0 aliphatic carbocycles. The lowest BCUT2D eigenvalue weighted by Gasteiger charge is -2.28. The third kappa shape index (κ3) is 3.69. The smallest absolute Gasteiger partial charge is 0.0972 e. The number of fused-ring (bicyclic) bond motifs is 1. The summed E-state index contributed by atoms with van der Waals surface area (Å²) in [6.07, 6.45) is 2.35. The number of aryl methyl sites for hydroxylation is 1. The molecule has 0 saturated heterocycles. The van der Waals surface area contributed by atoms with Gasteiger partial charge in [-0.3, -0.25) is 0 Å². The average Bonchev–Trinajstić information content (AvgIpc) is 2.39. The summed E-state index contributed by atoms with van der Waals surface area (Å²) in [6, 6.07) is 6.54. The largest absolute Gasteiger partial charge is 0.393 e. The molecule has 0 spiro atoms. The molecular weight excluding hydrogens is 240 g/mol. The maximum Gasteiger partial charge on any atom is 0.0972 e. The highest BCUT2D eigenvalue weighted by Gasteiger charge is 2.18. The second kappa shape index (κ2) is 5.90. The van der Waals surface area contributed by atoms with Crippen molar-refractivity contribution < 1.29 is 10.2 Å². The maximum absolute atomic E-state index is 9.71. The fourth-order valence-electron chi connectivity index (χ4n) is 2.48. The molecule has 1 atom stereocenters.